The van der Waals surface area contributed by atoms with Crippen LogP contribution in [0.2, 0.25) is 0 Å². The fraction of sp³-hybridized carbons (Fsp3) is 0.714. The van der Waals surface area contributed by atoms with Gasteiger partial charge in [-0.25, -0.2) is 0 Å². The predicted octanol–water partition coefficient (Wildman–Crippen LogP) is 5.11. The van der Waals surface area contributed by atoms with Crippen molar-refractivity contribution in [2.75, 3.05) is 14.2 Å². The van der Waals surface area contributed by atoms with Gasteiger partial charge in [0.15, 0.2) is 6.29 Å². The Balaban J connectivity index is 2.18. The van der Waals surface area contributed by atoms with Crippen molar-refractivity contribution in [1.82, 2.24) is 0 Å². The number of ether oxygens (including phenoxy) is 5. The Labute approximate surface area is 209 Å². The molecule has 8 atom stereocenters. The number of carbonyl (C=O) groups is 2. The molecule has 0 bridgehead atoms. The summed E-state index contributed by atoms with van der Waals surface area (Å²) < 4.78 is 29.9. The van der Waals surface area contributed by atoms with Crippen LogP contribution in [0.1, 0.15) is 66.2 Å². The largest absolute Gasteiger partial charge is 0.458 e. The molecular weight excluding hydrogens is 448 g/mol. The summed E-state index contributed by atoms with van der Waals surface area (Å²) in [6.45, 7) is 15.9. The molecule has 0 aromatic heterocycles. The van der Waals surface area contributed by atoms with E-state index < -0.39 is 30.1 Å². The maximum absolute atomic E-state index is 12.5. The number of allylic oxidation sites excluding steroid dienone is 2. The molecule has 35 heavy (non-hydrogen) atoms. The molecule has 3 aliphatic rings. The highest BCUT2D eigenvalue weighted by molar-refractivity contribution is 5.69. The summed E-state index contributed by atoms with van der Waals surface area (Å²) in [6.07, 6.45) is 5.54. The van der Waals surface area contributed by atoms with Crippen LogP contribution >= 0.6 is 0 Å². The zero-order chi connectivity index (χ0) is 26.0. The Hall–Kier alpha value is -1.96. The molecule has 2 aliphatic carbocycles. The van der Waals surface area contributed by atoms with Gasteiger partial charge in [-0.3, -0.25) is 9.59 Å². The summed E-state index contributed by atoms with van der Waals surface area (Å²) in [6, 6.07) is 0. The van der Waals surface area contributed by atoms with E-state index in [0.717, 1.165) is 36.8 Å². The topological polar surface area (TPSA) is 80.3 Å². The van der Waals surface area contributed by atoms with Gasteiger partial charge in [0.05, 0.1) is 11.5 Å². The third kappa shape index (κ3) is 4.87. The molecule has 1 saturated heterocycles. The van der Waals surface area contributed by atoms with Crippen molar-refractivity contribution >= 4 is 11.9 Å². The molecule has 0 amide bonds. The first-order valence-corrected chi connectivity index (χ1v) is 12.7. The van der Waals surface area contributed by atoms with Crippen molar-refractivity contribution in [1.29, 1.82) is 0 Å². The lowest BCUT2D eigenvalue weighted by Crippen LogP contribution is -2.63. The minimum Gasteiger partial charge on any atom is -0.458 e. The summed E-state index contributed by atoms with van der Waals surface area (Å²) in [4.78, 5) is 24.7. The molecule has 3 rings (SSSR count). The van der Waals surface area contributed by atoms with Gasteiger partial charge in [-0.05, 0) is 55.4 Å². The van der Waals surface area contributed by atoms with E-state index in [1.807, 2.05) is 13.0 Å². The zero-order valence-corrected chi connectivity index (χ0v) is 22.1. The van der Waals surface area contributed by atoms with Crippen LogP contribution in [-0.2, 0) is 33.3 Å². The summed E-state index contributed by atoms with van der Waals surface area (Å²) in [5.41, 5.74) is 0.850. The van der Waals surface area contributed by atoms with Crippen LogP contribution in [0.15, 0.2) is 36.5 Å². The summed E-state index contributed by atoms with van der Waals surface area (Å²) >= 11 is 0. The number of hydrogen-bond acceptors (Lipinski definition) is 7. The van der Waals surface area contributed by atoms with Crippen molar-refractivity contribution in [3.05, 3.63) is 36.5 Å². The Morgan fingerprint density at radius 1 is 1.20 bits per heavy atom. The van der Waals surface area contributed by atoms with E-state index in [4.69, 9.17) is 23.7 Å². The van der Waals surface area contributed by atoms with E-state index in [1.165, 1.54) is 6.92 Å². The molecule has 0 radical (unpaired) electrons. The van der Waals surface area contributed by atoms with Crippen LogP contribution in [0, 0.1) is 22.7 Å². The fourth-order valence-corrected chi connectivity index (χ4v) is 6.64. The molecule has 0 N–H and O–H groups in total. The average molecular weight is 491 g/mol. The number of carbonyl (C=O) groups excluding carboxylic acids is 2. The lowest BCUT2D eigenvalue weighted by molar-refractivity contribution is -0.258. The third-order valence-electron chi connectivity index (χ3n) is 8.61. The van der Waals surface area contributed by atoms with Gasteiger partial charge in [-0.15, -0.1) is 0 Å². The molecule has 1 heterocycles. The van der Waals surface area contributed by atoms with E-state index in [1.54, 1.807) is 20.3 Å². The molecule has 1 aliphatic heterocycles. The number of rotatable bonds is 10. The number of esters is 2. The first kappa shape index (κ1) is 27.6. The van der Waals surface area contributed by atoms with E-state index >= 15 is 0 Å². The summed E-state index contributed by atoms with van der Waals surface area (Å²) in [7, 11) is 3.26. The smallest absolute Gasteiger partial charge is 0.306 e. The second-order valence-corrected chi connectivity index (χ2v) is 10.5. The zero-order valence-electron chi connectivity index (χ0n) is 22.1. The van der Waals surface area contributed by atoms with Crippen LogP contribution in [0.3, 0.4) is 0 Å². The van der Waals surface area contributed by atoms with Crippen LogP contribution in [0.25, 0.3) is 0 Å². The Morgan fingerprint density at radius 3 is 2.49 bits per heavy atom. The van der Waals surface area contributed by atoms with Gasteiger partial charge >= 0.3 is 11.9 Å². The molecule has 1 spiro atoms. The molecule has 1 saturated carbocycles. The maximum Gasteiger partial charge on any atom is 0.306 e. The quantitative estimate of drug-likeness (QED) is 0.239. The van der Waals surface area contributed by atoms with Crippen LogP contribution in [-0.4, -0.2) is 50.9 Å². The standard InChI is InChI=1S/C28H42O7/c1-9-11-24(30)34-20-15-21-25(32-8)35-26(33-19(5)29)28(21)22(16-20)27(6,13-12-17(3)10-2)18(4)14-23(28)31-7/h10,15,18,20,22-23,25-26H,2-3,9,11-14,16H2,1,4-8H3/t18-,20+,22+,23+,25+,26-,27-,28-/m1/s1. The van der Waals surface area contributed by atoms with Gasteiger partial charge in [0, 0.05) is 33.1 Å². The SMILES string of the molecule is C=CC(=C)CC[C@]1(C)[C@H](C)C[C@H](OC)[C@@]23C(=C[C@H](OC(=O)CCC)C[C@@H]12)[C@@H](OC)O[C@H]3OC(C)=O. The maximum atomic E-state index is 12.5. The fourth-order valence-electron chi connectivity index (χ4n) is 6.64. The molecule has 7 nitrogen and oxygen atoms in total. The van der Waals surface area contributed by atoms with Gasteiger partial charge in [-0.1, -0.05) is 45.6 Å². The highest BCUT2D eigenvalue weighted by atomic mass is 16.8. The summed E-state index contributed by atoms with van der Waals surface area (Å²) in [5.74, 6) is -0.428. The molecule has 2 fully saturated rings. The lowest BCUT2D eigenvalue weighted by Gasteiger charge is -2.61. The molecule has 7 heteroatoms. The van der Waals surface area contributed by atoms with Crippen molar-refractivity contribution in [3.8, 4) is 0 Å². The summed E-state index contributed by atoms with van der Waals surface area (Å²) in [5, 5.41) is 0. The van der Waals surface area contributed by atoms with Crippen LogP contribution < -0.4 is 0 Å². The number of methoxy groups -OCH3 is 2. The molecule has 0 aromatic carbocycles. The predicted molar refractivity (Wildman–Crippen MR) is 132 cm³/mol. The van der Waals surface area contributed by atoms with Crippen LogP contribution in [0.5, 0.6) is 0 Å². The van der Waals surface area contributed by atoms with Gasteiger partial charge < -0.3 is 23.7 Å². The van der Waals surface area contributed by atoms with Gasteiger partial charge in [-0.2, -0.15) is 0 Å². The van der Waals surface area contributed by atoms with Crippen molar-refractivity contribution in [3.63, 3.8) is 0 Å². The van der Waals surface area contributed by atoms with E-state index in [0.29, 0.717) is 12.8 Å². The third-order valence-corrected chi connectivity index (χ3v) is 8.61. The normalized spacial score (nSPS) is 38.1. The lowest BCUT2D eigenvalue weighted by atomic mass is 9.45. The van der Waals surface area contributed by atoms with E-state index in [-0.39, 0.29) is 29.3 Å². The molecule has 0 aromatic rings. The van der Waals surface area contributed by atoms with Crippen LogP contribution in [0.4, 0.5) is 0 Å². The van der Waals surface area contributed by atoms with Crippen molar-refractivity contribution in [2.45, 2.75) is 91.0 Å². The monoisotopic (exact) mass is 490 g/mol. The van der Waals surface area contributed by atoms with Gasteiger partial charge in [0.2, 0.25) is 6.29 Å². The van der Waals surface area contributed by atoms with E-state index in [2.05, 4.69) is 27.0 Å². The minimum absolute atomic E-state index is 0.0646. The minimum atomic E-state index is -0.868. The number of hydrogen-bond donors (Lipinski definition) is 0. The van der Waals surface area contributed by atoms with Crippen molar-refractivity contribution in [2.24, 2.45) is 22.7 Å². The van der Waals surface area contributed by atoms with E-state index in [9.17, 15) is 9.59 Å². The second kappa shape index (κ2) is 11.0. The first-order chi connectivity index (χ1) is 16.6. The first-order valence-electron chi connectivity index (χ1n) is 12.7. The van der Waals surface area contributed by atoms with Gasteiger partial charge in [0.1, 0.15) is 6.10 Å². The second-order valence-electron chi connectivity index (χ2n) is 10.5. The Bertz CT molecular complexity index is 863. The highest BCUT2D eigenvalue weighted by Crippen LogP contribution is 2.67. The highest BCUT2D eigenvalue weighted by Gasteiger charge is 2.71. The molecule has 0 unspecified atom stereocenters. The molecule has 196 valence electrons. The molecular formula is C28H42O7. The van der Waals surface area contributed by atoms with Crippen molar-refractivity contribution < 1.29 is 33.3 Å². The van der Waals surface area contributed by atoms with Gasteiger partial charge in [0.25, 0.3) is 0 Å². The Kier molecular flexibility index (Phi) is 8.66. The average Bonchev–Trinajstić information content (AvgIpc) is 3.12. The Morgan fingerprint density at radius 2 is 1.91 bits per heavy atom.